The standard InChI is InChI=1S/C19H21NO4/c1-5-23-19(22)18-13(4)14-8-6-7-9-15(14)20-16(18)11-24-17(21)10-12(2)3/h6-10H,5,11H2,1-4H3. The number of aryl methyl sites for hydroxylation is 1. The Morgan fingerprint density at radius 1 is 1.17 bits per heavy atom. The van der Waals surface area contributed by atoms with Crippen molar-refractivity contribution in [1.29, 1.82) is 0 Å². The fourth-order valence-corrected chi connectivity index (χ4v) is 2.44. The summed E-state index contributed by atoms with van der Waals surface area (Å²) in [6.07, 6.45) is 1.40. The number of aromatic nitrogens is 1. The molecule has 5 heteroatoms. The highest BCUT2D eigenvalue weighted by Crippen LogP contribution is 2.24. The minimum atomic E-state index is -0.461. The molecule has 0 atom stereocenters. The van der Waals surface area contributed by atoms with E-state index in [1.165, 1.54) is 6.08 Å². The maximum atomic E-state index is 12.3. The minimum absolute atomic E-state index is 0.0809. The third-order valence-corrected chi connectivity index (χ3v) is 3.46. The van der Waals surface area contributed by atoms with Crippen LogP contribution < -0.4 is 0 Å². The number of carbonyl (C=O) groups is 2. The van der Waals surface area contributed by atoms with Gasteiger partial charge in [-0.15, -0.1) is 0 Å². The van der Waals surface area contributed by atoms with Crippen LogP contribution in [-0.4, -0.2) is 23.5 Å². The number of ether oxygens (including phenoxy) is 2. The molecule has 0 saturated heterocycles. The van der Waals surface area contributed by atoms with Gasteiger partial charge in [0, 0.05) is 11.5 Å². The smallest absolute Gasteiger partial charge is 0.340 e. The number of nitrogens with zero attached hydrogens (tertiary/aromatic N) is 1. The van der Waals surface area contributed by atoms with Crippen LogP contribution in [0.4, 0.5) is 0 Å². The van der Waals surface area contributed by atoms with E-state index in [0.29, 0.717) is 11.3 Å². The highest BCUT2D eigenvalue weighted by Gasteiger charge is 2.20. The minimum Gasteiger partial charge on any atom is -0.462 e. The molecule has 0 unspecified atom stereocenters. The first-order valence-corrected chi connectivity index (χ1v) is 7.81. The number of hydrogen-bond acceptors (Lipinski definition) is 5. The lowest BCUT2D eigenvalue weighted by atomic mass is 10.0. The van der Waals surface area contributed by atoms with E-state index in [1.54, 1.807) is 6.92 Å². The van der Waals surface area contributed by atoms with Crippen molar-refractivity contribution in [2.24, 2.45) is 0 Å². The average Bonchev–Trinajstić information content (AvgIpc) is 2.52. The number of benzene rings is 1. The Balaban J connectivity index is 2.46. The third kappa shape index (κ3) is 3.98. The van der Waals surface area contributed by atoms with Gasteiger partial charge in [0.05, 0.1) is 23.4 Å². The van der Waals surface area contributed by atoms with Crippen molar-refractivity contribution in [3.8, 4) is 0 Å². The van der Waals surface area contributed by atoms with Gasteiger partial charge in [0.25, 0.3) is 0 Å². The quantitative estimate of drug-likeness (QED) is 0.618. The van der Waals surface area contributed by atoms with E-state index in [0.717, 1.165) is 22.0 Å². The zero-order valence-corrected chi connectivity index (χ0v) is 14.4. The number of rotatable bonds is 5. The fraction of sp³-hybridized carbons (Fsp3) is 0.316. The van der Waals surface area contributed by atoms with Gasteiger partial charge in [-0.3, -0.25) is 0 Å². The van der Waals surface area contributed by atoms with Gasteiger partial charge in [0.2, 0.25) is 0 Å². The largest absolute Gasteiger partial charge is 0.462 e. The predicted octanol–water partition coefficient (Wildman–Crippen LogP) is 3.73. The molecule has 0 aliphatic rings. The van der Waals surface area contributed by atoms with E-state index < -0.39 is 11.9 Å². The van der Waals surface area contributed by atoms with Gasteiger partial charge < -0.3 is 9.47 Å². The van der Waals surface area contributed by atoms with Crippen molar-refractivity contribution >= 4 is 22.8 Å². The second-order valence-corrected chi connectivity index (χ2v) is 5.63. The van der Waals surface area contributed by atoms with Gasteiger partial charge >= 0.3 is 11.9 Å². The lowest BCUT2D eigenvalue weighted by Crippen LogP contribution is -2.14. The highest BCUT2D eigenvalue weighted by molar-refractivity contribution is 5.98. The van der Waals surface area contributed by atoms with Crippen LogP contribution in [0.25, 0.3) is 10.9 Å². The van der Waals surface area contributed by atoms with Crippen LogP contribution in [0.3, 0.4) is 0 Å². The Bertz CT molecular complexity index is 804. The van der Waals surface area contributed by atoms with Crippen molar-refractivity contribution in [2.75, 3.05) is 6.61 Å². The molecule has 5 nitrogen and oxygen atoms in total. The molecular formula is C19H21NO4. The summed E-state index contributed by atoms with van der Waals surface area (Å²) < 4.78 is 10.4. The second kappa shape index (κ2) is 7.73. The first-order chi connectivity index (χ1) is 11.4. The molecule has 0 saturated carbocycles. The summed E-state index contributed by atoms with van der Waals surface area (Å²) in [7, 11) is 0. The summed E-state index contributed by atoms with van der Waals surface area (Å²) in [5, 5.41) is 0.875. The number of carbonyl (C=O) groups excluding carboxylic acids is 2. The van der Waals surface area contributed by atoms with Crippen molar-refractivity contribution < 1.29 is 19.1 Å². The first kappa shape index (κ1) is 17.7. The maximum absolute atomic E-state index is 12.3. The summed E-state index contributed by atoms with van der Waals surface area (Å²) in [4.78, 5) is 28.6. The average molecular weight is 327 g/mol. The molecule has 1 aromatic heterocycles. The number of para-hydroxylation sites is 1. The summed E-state index contributed by atoms with van der Waals surface area (Å²) >= 11 is 0. The molecule has 0 radical (unpaired) electrons. The van der Waals surface area contributed by atoms with Gasteiger partial charge in [-0.2, -0.15) is 0 Å². The molecule has 0 fully saturated rings. The first-order valence-electron chi connectivity index (χ1n) is 7.81. The van der Waals surface area contributed by atoms with Crippen LogP contribution in [-0.2, 0) is 20.9 Å². The number of hydrogen-bond donors (Lipinski definition) is 0. The summed E-state index contributed by atoms with van der Waals surface area (Å²) in [6, 6.07) is 7.52. The molecule has 2 rings (SSSR count). The van der Waals surface area contributed by atoms with Gasteiger partial charge in [-0.05, 0) is 39.3 Å². The summed E-state index contributed by atoms with van der Waals surface area (Å²) in [6.45, 7) is 7.39. The number of esters is 2. The molecule has 0 N–H and O–H groups in total. The predicted molar refractivity (Wildman–Crippen MR) is 91.7 cm³/mol. The SMILES string of the molecule is CCOC(=O)c1c(COC(=O)C=C(C)C)nc2ccccc2c1C. The molecule has 1 aromatic carbocycles. The van der Waals surface area contributed by atoms with E-state index in [2.05, 4.69) is 4.98 Å². The molecule has 126 valence electrons. The van der Waals surface area contributed by atoms with E-state index in [1.807, 2.05) is 45.0 Å². The van der Waals surface area contributed by atoms with Crippen LogP contribution in [0, 0.1) is 6.92 Å². The normalized spacial score (nSPS) is 10.3. The Labute approximate surface area is 141 Å². The zero-order valence-electron chi connectivity index (χ0n) is 14.4. The van der Waals surface area contributed by atoms with Crippen molar-refractivity contribution in [1.82, 2.24) is 4.98 Å². The van der Waals surface area contributed by atoms with Crippen LogP contribution in [0.15, 0.2) is 35.9 Å². The van der Waals surface area contributed by atoms with Crippen molar-refractivity contribution in [2.45, 2.75) is 34.3 Å². The van der Waals surface area contributed by atoms with E-state index in [4.69, 9.17) is 9.47 Å². The van der Waals surface area contributed by atoms with Gasteiger partial charge in [-0.1, -0.05) is 23.8 Å². The van der Waals surface area contributed by atoms with E-state index >= 15 is 0 Å². The molecule has 1 heterocycles. The van der Waals surface area contributed by atoms with Crippen molar-refractivity contribution in [3.05, 3.63) is 52.7 Å². The molecule has 0 aliphatic carbocycles. The molecule has 0 amide bonds. The van der Waals surface area contributed by atoms with Gasteiger partial charge in [0.15, 0.2) is 0 Å². The number of fused-ring (bicyclic) bond motifs is 1. The summed E-state index contributed by atoms with van der Waals surface area (Å²) in [5.41, 5.74) is 3.12. The van der Waals surface area contributed by atoms with E-state index in [9.17, 15) is 9.59 Å². The molecule has 0 aliphatic heterocycles. The van der Waals surface area contributed by atoms with Crippen LogP contribution in [0.2, 0.25) is 0 Å². The molecule has 24 heavy (non-hydrogen) atoms. The number of pyridine rings is 1. The molecule has 0 bridgehead atoms. The van der Waals surface area contributed by atoms with Crippen LogP contribution >= 0.6 is 0 Å². The molecule has 2 aromatic rings. The Kier molecular flexibility index (Phi) is 5.68. The zero-order chi connectivity index (χ0) is 17.7. The Morgan fingerprint density at radius 2 is 1.88 bits per heavy atom. The maximum Gasteiger partial charge on any atom is 0.340 e. The third-order valence-electron chi connectivity index (χ3n) is 3.46. The topological polar surface area (TPSA) is 65.5 Å². The van der Waals surface area contributed by atoms with E-state index in [-0.39, 0.29) is 13.2 Å². The summed E-state index contributed by atoms with van der Waals surface area (Å²) in [5.74, 6) is -0.918. The lowest BCUT2D eigenvalue weighted by molar-refractivity contribution is -0.139. The van der Waals surface area contributed by atoms with Gasteiger partial charge in [-0.25, -0.2) is 14.6 Å². The van der Waals surface area contributed by atoms with Gasteiger partial charge in [0.1, 0.15) is 6.61 Å². The molecular weight excluding hydrogens is 306 g/mol. The second-order valence-electron chi connectivity index (χ2n) is 5.63. The Morgan fingerprint density at radius 3 is 2.54 bits per heavy atom. The number of allylic oxidation sites excluding steroid dienone is 1. The van der Waals surface area contributed by atoms with Crippen LogP contribution in [0.1, 0.15) is 42.4 Å². The highest BCUT2D eigenvalue weighted by atomic mass is 16.5. The van der Waals surface area contributed by atoms with Crippen LogP contribution in [0.5, 0.6) is 0 Å². The lowest BCUT2D eigenvalue weighted by Gasteiger charge is -2.13. The monoisotopic (exact) mass is 327 g/mol. The van der Waals surface area contributed by atoms with Crippen molar-refractivity contribution in [3.63, 3.8) is 0 Å². The Hall–Kier alpha value is -2.69. The fourth-order valence-electron chi connectivity index (χ4n) is 2.44. The molecule has 0 spiro atoms.